The quantitative estimate of drug-likeness (QED) is 0.142. The highest BCUT2D eigenvalue weighted by molar-refractivity contribution is 7.54. The highest BCUT2D eigenvalue weighted by Gasteiger charge is 2.45. The molecule has 2 aromatic heterocycles. The fourth-order valence-electron chi connectivity index (χ4n) is 5.86. The Labute approximate surface area is 271 Å². The van der Waals surface area contributed by atoms with Gasteiger partial charge >= 0.3 is 13.6 Å². The molecule has 45 heavy (non-hydrogen) atoms. The number of phenolic OH excluding ortho intramolecular Hbond substituents is 1. The minimum atomic E-state index is -2.84. The minimum Gasteiger partial charge on any atom is -0.508 e. The first-order valence-electron chi connectivity index (χ1n) is 14.8. The second-order valence-corrected chi connectivity index (χ2v) is 14.4. The number of cyclic esters (lactones) is 1. The van der Waals surface area contributed by atoms with Crippen molar-refractivity contribution in [3.05, 3.63) is 56.9 Å². The SMILES string of the molecule is CC[C@@]1(O)C(=O)OCc2c1cc1n(c2=O)Cc2cc3c(CN(C)C)c(O)ccc3nc2-1.O=P1(N(CCCl)CCCl)NCCCO1. The number of pyridine rings is 2. The molecule has 2 atom stereocenters. The van der Waals surface area contributed by atoms with Crippen LogP contribution in [-0.2, 0) is 43.9 Å². The Hall–Kier alpha value is -2.54. The zero-order chi connectivity index (χ0) is 32.5. The van der Waals surface area contributed by atoms with Gasteiger partial charge in [-0.1, -0.05) is 6.92 Å². The predicted octanol–water partition coefficient (Wildman–Crippen LogP) is 3.73. The number of aliphatic hydroxyl groups is 1. The fourth-order valence-corrected chi connectivity index (χ4v) is 8.50. The summed E-state index contributed by atoms with van der Waals surface area (Å²) >= 11 is 11.2. The third-order valence-corrected chi connectivity index (χ3v) is 10.8. The molecule has 3 aliphatic heterocycles. The Morgan fingerprint density at radius 2 is 1.91 bits per heavy atom. The molecule has 0 aliphatic carbocycles. The van der Waals surface area contributed by atoms with Gasteiger partial charge in [-0.2, -0.15) is 0 Å². The number of aromatic hydroxyl groups is 1. The van der Waals surface area contributed by atoms with Crippen molar-refractivity contribution in [3.63, 3.8) is 0 Å². The number of aromatic nitrogens is 2. The highest BCUT2D eigenvalue weighted by atomic mass is 35.5. The standard InChI is InChI=1S/C23H23N3O5.C7H15Cl2N2O2P/c1-4-23(30)16-8-18-20-12(9-26(18)21(28)15(16)11-31-22(23)29)7-13-14(10-25(2)3)19(27)6-5-17(13)24-20;8-2-5-11(6-3-9)14(12)10-4-1-7-13-14/h5-8,27,30H,4,9-11H2,1-3H3;1-7H2,(H,10,12)/t23-;/m0./s1. The van der Waals surface area contributed by atoms with Crippen molar-refractivity contribution < 1.29 is 28.8 Å². The number of benzene rings is 1. The van der Waals surface area contributed by atoms with Gasteiger partial charge in [-0.25, -0.2) is 19.5 Å². The van der Waals surface area contributed by atoms with E-state index in [9.17, 15) is 24.4 Å². The number of fused-ring (bicyclic) bond motifs is 5. The molecule has 1 aromatic carbocycles. The van der Waals surface area contributed by atoms with Crippen molar-refractivity contribution in [2.45, 2.75) is 45.1 Å². The predicted molar refractivity (Wildman–Crippen MR) is 173 cm³/mol. The molecule has 6 rings (SSSR count). The van der Waals surface area contributed by atoms with E-state index in [2.05, 4.69) is 5.09 Å². The molecule has 0 radical (unpaired) electrons. The maximum atomic E-state index is 13.2. The summed E-state index contributed by atoms with van der Waals surface area (Å²) in [6, 6.07) is 7.05. The lowest BCUT2D eigenvalue weighted by atomic mass is 9.86. The first-order valence-corrected chi connectivity index (χ1v) is 17.5. The maximum absolute atomic E-state index is 13.2. The van der Waals surface area contributed by atoms with Crippen molar-refractivity contribution in [2.75, 3.05) is 52.1 Å². The number of hydrogen-bond acceptors (Lipinski definition) is 9. The molecule has 0 saturated carbocycles. The van der Waals surface area contributed by atoms with Crippen molar-refractivity contribution in [1.82, 2.24) is 24.2 Å². The average molecular weight is 683 g/mol. The number of rotatable bonds is 8. The number of nitrogens with one attached hydrogen (secondary N) is 1. The van der Waals surface area contributed by atoms with Gasteiger partial charge in [-0.15, -0.1) is 23.2 Å². The molecule has 1 saturated heterocycles. The number of hydrogen-bond donors (Lipinski definition) is 3. The lowest BCUT2D eigenvalue weighted by Crippen LogP contribution is -2.44. The molecular weight excluding hydrogens is 644 g/mol. The van der Waals surface area contributed by atoms with Crippen molar-refractivity contribution >= 4 is 47.7 Å². The van der Waals surface area contributed by atoms with Crippen LogP contribution in [0.1, 0.15) is 42.0 Å². The second kappa shape index (κ2) is 13.7. The number of phenols is 1. The van der Waals surface area contributed by atoms with E-state index in [0.717, 1.165) is 29.5 Å². The van der Waals surface area contributed by atoms with E-state index < -0.39 is 19.2 Å². The van der Waals surface area contributed by atoms with Crippen molar-refractivity contribution in [2.24, 2.45) is 0 Å². The number of carbonyl (C=O) groups is 1. The molecule has 3 N–H and O–H groups in total. The molecule has 5 heterocycles. The van der Waals surface area contributed by atoms with Gasteiger partial charge in [0.05, 0.1) is 35.6 Å². The normalized spacial score (nSPS) is 22.1. The molecule has 0 bridgehead atoms. The number of nitrogens with zero attached hydrogens (tertiary/aromatic N) is 4. The zero-order valence-electron chi connectivity index (χ0n) is 25.5. The first kappa shape index (κ1) is 33.8. The molecule has 1 fully saturated rings. The lowest BCUT2D eigenvalue weighted by Gasteiger charge is -2.33. The van der Waals surface area contributed by atoms with Crippen LogP contribution < -0.4 is 10.6 Å². The van der Waals surface area contributed by atoms with Gasteiger partial charge in [-0.3, -0.25) is 9.36 Å². The smallest absolute Gasteiger partial charge is 0.343 e. The number of carbonyl (C=O) groups excluding carboxylic acids is 1. The Kier molecular flexibility index (Phi) is 10.3. The van der Waals surface area contributed by atoms with Crippen LogP contribution in [0.2, 0.25) is 0 Å². The summed E-state index contributed by atoms with van der Waals surface area (Å²) in [5.41, 5.74) is 2.03. The zero-order valence-corrected chi connectivity index (χ0v) is 27.9. The lowest BCUT2D eigenvalue weighted by molar-refractivity contribution is -0.172. The van der Waals surface area contributed by atoms with Crippen molar-refractivity contribution in [3.8, 4) is 17.1 Å². The van der Waals surface area contributed by atoms with Gasteiger partial charge in [0.25, 0.3) is 5.56 Å². The fraction of sp³-hybridized carbons (Fsp3) is 0.500. The van der Waals surface area contributed by atoms with Gasteiger partial charge < -0.3 is 28.9 Å². The number of esters is 1. The van der Waals surface area contributed by atoms with E-state index in [0.29, 0.717) is 72.6 Å². The molecule has 0 spiro atoms. The molecule has 15 heteroatoms. The molecule has 3 aromatic rings. The Morgan fingerprint density at radius 3 is 2.53 bits per heavy atom. The number of ether oxygens (including phenoxy) is 1. The molecule has 0 amide bonds. The molecule has 244 valence electrons. The summed E-state index contributed by atoms with van der Waals surface area (Å²) in [7, 11) is 1.01. The summed E-state index contributed by atoms with van der Waals surface area (Å²) in [4.78, 5) is 32.3. The minimum absolute atomic E-state index is 0.104. The van der Waals surface area contributed by atoms with Crippen LogP contribution in [0.15, 0.2) is 29.1 Å². The Bertz CT molecular complexity index is 1700. The molecule has 1 unspecified atom stereocenters. The third-order valence-electron chi connectivity index (χ3n) is 8.21. The van der Waals surface area contributed by atoms with Crippen LogP contribution in [0.25, 0.3) is 22.3 Å². The number of alkyl halides is 2. The first-order chi connectivity index (χ1) is 21.5. The Morgan fingerprint density at radius 1 is 1.18 bits per heavy atom. The van der Waals surface area contributed by atoms with E-state index in [1.807, 2.05) is 25.1 Å². The summed E-state index contributed by atoms with van der Waals surface area (Å²) in [5, 5.41) is 25.1. The van der Waals surface area contributed by atoms with Crippen LogP contribution in [0, 0.1) is 0 Å². The van der Waals surface area contributed by atoms with E-state index in [1.165, 1.54) is 0 Å². The number of halogens is 2. The van der Waals surface area contributed by atoms with Crippen LogP contribution in [0.4, 0.5) is 0 Å². The van der Waals surface area contributed by atoms with E-state index in [4.69, 9.17) is 37.4 Å². The van der Waals surface area contributed by atoms with Crippen LogP contribution in [0.5, 0.6) is 5.75 Å². The summed E-state index contributed by atoms with van der Waals surface area (Å²) in [6.07, 6.45) is 0.993. The van der Waals surface area contributed by atoms with Crippen LogP contribution in [-0.4, -0.2) is 87.4 Å². The summed E-state index contributed by atoms with van der Waals surface area (Å²) < 4.78 is 25.9. The van der Waals surface area contributed by atoms with Gasteiger partial charge in [0.1, 0.15) is 12.4 Å². The van der Waals surface area contributed by atoms with Gasteiger partial charge in [0.15, 0.2) is 5.60 Å². The topological polar surface area (TPSA) is 146 Å². The van der Waals surface area contributed by atoms with Crippen molar-refractivity contribution in [1.29, 1.82) is 0 Å². The summed E-state index contributed by atoms with van der Waals surface area (Å²) in [6.45, 7) is 4.71. The third kappa shape index (κ3) is 6.40. The maximum Gasteiger partial charge on any atom is 0.343 e. The molecular formula is C30H38Cl2N5O7P. The molecule has 3 aliphatic rings. The van der Waals surface area contributed by atoms with Gasteiger partial charge in [0, 0.05) is 60.0 Å². The van der Waals surface area contributed by atoms with Gasteiger partial charge in [0.2, 0.25) is 0 Å². The molecule has 12 nitrogen and oxygen atoms in total. The van der Waals surface area contributed by atoms with Crippen LogP contribution >= 0.6 is 30.9 Å². The largest absolute Gasteiger partial charge is 0.508 e. The van der Waals surface area contributed by atoms with Crippen LogP contribution in [0.3, 0.4) is 0 Å². The van der Waals surface area contributed by atoms with Gasteiger partial charge in [-0.05, 0) is 51.2 Å². The van der Waals surface area contributed by atoms with E-state index in [-0.39, 0.29) is 24.3 Å². The summed E-state index contributed by atoms with van der Waals surface area (Å²) in [5.74, 6) is 0.313. The average Bonchev–Trinajstić information content (AvgIpc) is 3.38. The monoisotopic (exact) mass is 681 g/mol. The second-order valence-electron chi connectivity index (χ2n) is 11.4. The highest BCUT2D eigenvalue weighted by Crippen LogP contribution is 2.48. The Balaban J connectivity index is 0.000000241. The van der Waals surface area contributed by atoms with E-state index >= 15 is 0 Å². The van der Waals surface area contributed by atoms with E-state index in [1.54, 1.807) is 34.4 Å².